The Bertz CT molecular complexity index is 528. The van der Waals surface area contributed by atoms with Gasteiger partial charge in [0.05, 0.1) is 6.10 Å². The topological polar surface area (TPSA) is 75.3 Å². The van der Waals surface area contributed by atoms with Crippen LogP contribution in [-0.4, -0.2) is 30.2 Å². The molecule has 0 bridgehead atoms. The average molecular weight is 330 g/mol. The zero-order chi connectivity index (χ0) is 18.4. The second-order valence-electron chi connectivity index (χ2n) is 5.23. The summed E-state index contributed by atoms with van der Waals surface area (Å²) in [7, 11) is 0. The molecule has 0 fully saturated rings. The molecule has 132 valence electrons. The van der Waals surface area contributed by atoms with E-state index in [1.807, 2.05) is 6.92 Å². The minimum Gasteiger partial charge on any atom is -0.391 e. The fraction of sp³-hybridized carbons (Fsp3) is 0.350. The summed E-state index contributed by atoms with van der Waals surface area (Å²) in [5.41, 5.74) is 8.20. The Morgan fingerprint density at radius 1 is 1.21 bits per heavy atom. The first-order valence-corrected chi connectivity index (χ1v) is 8.15. The van der Waals surface area contributed by atoms with E-state index in [1.54, 1.807) is 36.5 Å². The Hall–Kier alpha value is -2.17. The number of carbonyl (C=O) groups is 1. The third kappa shape index (κ3) is 8.46. The molecule has 0 spiro atoms. The van der Waals surface area contributed by atoms with Crippen LogP contribution in [0.4, 0.5) is 0 Å². The van der Waals surface area contributed by atoms with Crippen molar-refractivity contribution in [3.05, 3.63) is 72.9 Å². The first-order valence-electron chi connectivity index (χ1n) is 8.15. The van der Waals surface area contributed by atoms with Gasteiger partial charge in [-0.15, -0.1) is 0 Å². The number of amides is 1. The molecule has 0 saturated carbocycles. The van der Waals surface area contributed by atoms with Gasteiger partial charge in [0.15, 0.2) is 0 Å². The number of hydrogen-bond donors (Lipinski definition) is 3. The molecule has 4 N–H and O–H groups in total. The number of nitrogens with two attached hydrogens (primary N) is 1. The number of hydrogen-bond acceptors (Lipinski definition) is 3. The SMILES string of the molecule is C=C/C=C\C=C(/CC)C(=O)NCC(O)CC/C(C=C)=C(/C=C)CN. The molecule has 0 aromatic carbocycles. The van der Waals surface area contributed by atoms with Crippen molar-refractivity contribution in [1.29, 1.82) is 0 Å². The summed E-state index contributed by atoms with van der Waals surface area (Å²) in [5, 5.41) is 12.8. The van der Waals surface area contributed by atoms with Crippen molar-refractivity contribution in [1.82, 2.24) is 5.32 Å². The summed E-state index contributed by atoms with van der Waals surface area (Å²) >= 11 is 0. The largest absolute Gasteiger partial charge is 0.391 e. The summed E-state index contributed by atoms with van der Waals surface area (Å²) in [6, 6.07) is 0. The molecule has 4 heteroatoms. The quantitative estimate of drug-likeness (QED) is 0.380. The summed E-state index contributed by atoms with van der Waals surface area (Å²) in [5.74, 6) is -0.168. The standard InChI is InChI=1S/C20H30N2O2/c1-5-9-10-11-17(7-3)20(24)22-15-19(23)13-12-16(6-2)18(8-4)14-21/h5-6,8-11,19,23H,1-2,4,7,12-15,21H2,3H3,(H,22,24)/b10-9-,17-11+,18-16-. The van der Waals surface area contributed by atoms with E-state index < -0.39 is 6.10 Å². The minimum atomic E-state index is -0.630. The maximum Gasteiger partial charge on any atom is 0.247 e. The lowest BCUT2D eigenvalue weighted by molar-refractivity contribution is -0.118. The molecule has 0 aromatic rings. The summed E-state index contributed by atoms with van der Waals surface area (Å²) in [6.07, 6.45) is 11.5. The van der Waals surface area contributed by atoms with Crippen LogP contribution in [0.3, 0.4) is 0 Å². The van der Waals surface area contributed by atoms with Crippen molar-refractivity contribution >= 4 is 5.91 Å². The highest BCUT2D eigenvalue weighted by Gasteiger charge is 2.11. The molecule has 0 aliphatic rings. The Morgan fingerprint density at radius 3 is 2.38 bits per heavy atom. The average Bonchev–Trinajstić information content (AvgIpc) is 2.60. The minimum absolute atomic E-state index is 0.168. The summed E-state index contributed by atoms with van der Waals surface area (Å²) in [4.78, 5) is 12.1. The molecule has 0 aliphatic heterocycles. The highest BCUT2D eigenvalue weighted by Crippen LogP contribution is 2.14. The zero-order valence-corrected chi connectivity index (χ0v) is 14.6. The molecule has 24 heavy (non-hydrogen) atoms. The Morgan fingerprint density at radius 2 is 1.88 bits per heavy atom. The van der Waals surface area contributed by atoms with Gasteiger partial charge in [0.1, 0.15) is 0 Å². The maximum atomic E-state index is 12.1. The molecule has 0 heterocycles. The number of carbonyl (C=O) groups excluding carboxylic acids is 1. The highest BCUT2D eigenvalue weighted by atomic mass is 16.3. The molecular weight excluding hydrogens is 300 g/mol. The van der Waals surface area contributed by atoms with Crippen LogP contribution in [0.1, 0.15) is 26.2 Å². The number of nitrogens with one attached hydrogen (secondary N) is 1. The molecule has 1 unspecified atom stereocenters. The van der Waals surface area contributed by atoms with E-state index in [2.05, 4.69) is 25.1 Å². The van der Waals surface area contributed by atoms with Crippen molar-refractivity contribution in [3.8, 4) is 0 Å². The van der Waals surface area contributed by atoms with E-state index >= 15 is 0 Å². The first-order chi connectivity index (χ1) is 11.5. The lowest BCUT2D eigenvalue weighted by Crippen LogP contribution is -2.33. The normalized spacial score (nSPS) is 14.0. The predicted octanol–water partition coefficient (Wildman–Crippen LogP) is 2.95. The van der Waals surface area contributed by atoms with Crippen LogP contribution in [0.15, 0.2) is 72.9 Å². The smallest absolute Gasteiger partial charge is 0.247 e. The second kappa shape index (κ2) is 13.3. The third-order valence-electron chi connectivity index (χ3n) is 3.59. The molecule has 4 nitrogen and oxygen atoms in total. The van der Waals surface area contributed by atoms with E-state index in [9.17, 15) is 9.90 Å². The van der Waals surface area contributed by atoms with E-state index in [-0.39, 0.29) is 12.5 Å². The number of rotatable bonds is 12. The monoisotopic (exact) mass is 330 g/mol. The molecule has 0 saturated heterocycles. The van der Waals surface area contributed by atoms with Crippen LogP contribution in [0.5, 0.6) is 0 Å². The molecule has 0 radical (unpaired) electrons. The van der Waals surface area contributed by atoms with Gasteiger partial charge in [-0.2, -0.15) is 0 Å². The predicted molar refractivity (Wildman–Crippen MR) is 102 cm³/mol. The number of allylic oxidation sites excluding steroid dienone is 6. The Labute approximate surface area is 145 Å². The van der Waals surface area contributed by atoms with Crippen LogP contribution in [0.2, 0.25) is 0 Å². The summed E-state index contributed by atoms with van der Waals surface area (Å²) in [6.45, 7) is 13.6. The van der Waals surface area contributed by atoms with Gasteiger partial charge in [-0.3, -0.25) is 4.79 Å². The van der Waals surface area contributed by atoms with E-state index in [0.29, 0.717) is 31.4 Å². The van der Waals surface area contributed by atoms with Crippen molar-refractivity contribution in [2.24, 2.45) is 5.73 Å². The first kappa shape index (κ1) is 21.8. The Kier molecular flexibility index (Phi) is 12.1. The van der Waals surface area contributed by atoms with Crippen LogP contribution < -0.4 is 11.1 Å². The van der Waals surface area contributed by atoms with Crippen molar-refractivity contribution in [2.45, 2.75) is 32.3 Å². The van der Waals surface area contributed by atoms with Gasteiger partial charge in [0.2, 0.25) is 5.91 Å². The number of aliphatic hydroxyl groups excluding tert-OH is 1. The van der Waals surface area contributed by atoms with Crippen LogP contribution >= 0.6 is 0 Å². The van der Waals surface area contributed by atoms with Crippen molar-refractivity contribution in [3.63, 3.8) is 0 Å². The second-order valence-corrected chi connectivity index (χ2v) is 5.23. The van der Waals surface area contributed by atoms with Crippen molar-refractivity contribution < 1.29 is 9.90 Å². The summed E-state index contributed by atoms with van der Waals surface area (Å²) < 4.78 is 0. The van der Waals surface area contributed by atoms with Gasteiger partial charge in [-0.1, -0.05) is 63.1 Å². The van der Waals surface area contributed by atoms with Crippen LogP contribution in [0.25, 0.3) is 0 Å². The van der Waals surface area contributed by atoms with Crippen molar-refractivity contribution in [2.75, 3.05) is 13.1 Å². The zero-order valence-electron chi connectivity index (χ0n) is 14.6. The fourth-order valence-corrected chi connectivity index (χ4v) is 2.09. The van der Waals surface area contributed by atoms with E-state index in [1.165, 1.54) is 0 Å². The van der Waals surface area contributed by atoms with Gasteiger partial charge in [-0.25, -0.2) is 0 Å². The molecule has 0 aromatic heterocycles. The maximum absolute atomic E-state index is 12.1. The molecule has 1 amide bonds. The van der Waals surface area contributed by atoms with Crippen LogP contribution in [-0.2, 0) is 4.79 Å². The van der Waals surface area contributed by atoms with Gasteiger partial charge in [-0.05, 0) is 30.4 Å². The van der Waals surface area contributed by atoms with E-state index in [4.69, 9.17) is 5.73 Å². The lowest BCUT2D eigenvalue weighted by Gasteiger charge is -2.14. The van der Waals surface area contributed by atoms with Crippen LogP contribution in [0, 0.1) is 0 Å². The van der Waals surface area contributed by atoms with Gasteiger partial charge in [0, 0.05) is 18.7 Å². The van der Waals surface area contributed by atoms with Gasteiger partial charge < -0.3 is 16.2 Å². The molecular formula is C20H30N2O2. The molecule has 0 rings (SSSR count). The third-order valence-corrected chi connectivity index (χ3v) is 3.59. The lowest BCUT2D eigenvalue weighted by atomic mass is 10.0. The molecule has 1 atom stereocenters. The van der Waals surface area contributed by atoms with Gasteiger partial charge >= 0.3 is 0 Å². The van der Waals surface area contributed by atoms with Gasteiger partial charge in [0.25, 0.3) is 0 Å². The Balaban J connectivity index is 4.53. The van der Waals surface area contributed by atoms with E-state index in [0.717, 1.165) is 11.1 Å². The fourth-order valence-electron chi connectivity index (χ4n) is 2.09. The number of aliphatic hydroxyl groups is 1. The molecule has 0 aliphatic carbocycles. The highest BCUT2D eigenvalue weighted by molar-refractivity contribution is 5.93.